The number of hydroxylamine groups is 1. The summed E-state index contributed by atoms with van der Waals surface area (Å²) in [5, 5.41) is 8.27. The van der Waals surface area contributed by atoms with Crippen molar-refractivity contribution in [3.8, 4) is 0 Å². The molecule has 1 heterocycles. The van der Waals surface area contributed by atoms with E-state index in [2.05, 4.69) is 4.90 Å². The van der Waals surface area contributed by atoms with E-state index >= 15 is 0 Å². The Bertz CT molecular complexity index is 245. The SMILES string of the molecule is NC(=O)C1CCN(CCCC(=O)NO)C1. The Morgan fingerprint density at radius 1 is 1.53 bits per heavy atom. The quantitative estimate of drug-likeness (QED) is 0.408. The molecule has 1 aliphatic heterocycles. The molecule has 0 radical (unpaired) electrons. The monoisotopic (exact) mass is 215 g/mol. The lowest BCUT2D eigenvalue weighted by Gasteiger charge is -2.14. The summed E-state index contributed by atoms with van der Waals surface area (Å²) in [6.07, 6.45) is 1.79. The molecule has 1 atom stereocenters. The maximum absolute atomic E-state index is 10.9. The van der Waals surface area contributed by atoms with Gasteiger partial charge in [0, 0.05) is 13.0 Å². The smallest absolute Gasteiger partial charge is 0.243 e. The lowest BCUT2D eigenvalue weighted by Crippen LogP contribution is -2.28. The van der Waals surface area contributed by atoms with Crippen LogP contribution in [0.5, 0.6) is 0 Å². The molecular formula is C9H17N3O3. The summed E-state index contributed by atoms with van der Waals surface area (Å²) in [6.45, 7) is 2.31. The Balaban J connectivity index is 2.14. The molecule has 0 aromatic rings. The fourth-order valence-corrected chi connectivity index (χ4v) is 1.79. The third-order valence-corrected chi connectivity index (χ3v) is 2.68. The van der Waals surface area contributed by atoms with E-state index in [1.165, 1.54) is 0 Å². The third kappa shape index (κ3) is 3.85. The first-order valence-corrected chi connectivity index (χ1v) is 5.08. The van der Waals surface area contributed by atoms with Gasteiger partial charge in [-0.15, -0.1) is 0 Å². The summed E-state index contributed by atoms with van der Waals surface area (Å²) >= 11 is 0. The molecule has 2 amide bonds. The van der Waals surface area contributed by atoms with Gasteiger partial charge in [0.2, 0.25) is 11.8 Å². The number of carbonyl (C=O) groups excluding carboxylic acids is 2. The van der Waals surface area contributed by atoms with E-state index in [9.17, 15) is 9.59 Å². The van der Waals surface area contributed by atoms with Gasteiger partial charge in [0.05, 0.1) is 5.92 Å². The fourth-order valence-electron chi connectivity index (χ4n) is 1.79. The van der Waals surface area contributed by atoms with Gasteiger partial charge < -0.3 is 10.6 Å². The van der Waals surface area contributed by atoms with Gasteiger partial charge in [0.1, 0.15) is 0 Å². The molecule has 1 rings (SSSR count). The van der Waals surface area contributed by atoms with E-state index in [1.807, 2.05) is 0 Å². The van der Waals surface area contributed by atoms with Gasteiger partial charge in [-0.3, -0.25) is 14.8 Å². The highest BCUT2D eigenvalue weighted by Crippen LogP contribution is 2.15. The van der Waals surface area contributed by atoms with E-state index in [0.717, 1.165) is 19.5 Å². The molecule has 1 fully saturated rings. The Morgan fingerprint density at radius 3 is 2.80 bits per heavy atom. The van der Waals surface area contributed by atoms with Crippen LogP contribution in [0.3, 0.4) is 0 Å². The summed E-state index contributed by atoms with van der Waals surface area (Å²) in [7, 11) is 0. The molecular weight excluding hydrogens is 198 g/mol. The summed E-state index contributed by atoms with van der Waals surface area (Å²) in [4.78, 5) is 23.7. The third-order valence-electron chi connectivity index (χ3n) is 2.68. The zero-order valence-electron chi connectivity index (χ0n) is 8.61. The zero-order valence-corrected chi connectivity index (χ0v) is 8.61. The minimum atomic E-state index is -0.374. The zero-order chi connectivity index (χ0) is 11.3. The second kappa shape index (κ2) is 5.67. The predicted molar refractivity (Wildman–Crippen MR) is 52.9 cm³/mol. The van der Waals surface area contributed by atoms with Crippen LogP contribution in [-0.4, -0.2) is 41.6 Å². The Kier molecular flexibility index (Phi) is 4.51. The van der Waals surface area contributed by atoms with Crippen LogP contribution in [-0.2, 0) is 9.59 Å². The highest BCUT2D eigenvalue weighted by molar-refractivity contribution is 5.77. The van der Waals surface area contributed by atoms with Crippen molar-refractivity contribution in [2.24, 2.45) is 11.7 Å². The number of hydrogen-bond acceptors (Lipinski definition) is 4. The first-order chi connectivity index (χ1) is 7.13. The molecule has 0 saturated carbocycles. The number of nitrogens with two attached hydrogens (primary N) is 1. The number of amides is 2. The molecule has 15 heavy (non-hydrogen) atoms. The van der Waals surface area contributed by atoms with Crippen molar-refractivity contribution in [1.29, 1.82) is 0 Å². The van der Waals surface area contributed by atoms with Gasteiger partial charge in [0.25, 0.3) is 0 Å². The minimum absolute atomic E-state index is 0.0448. The van der Waals surface area contributed by atoms with Gasteiger partial charge in [-0.25, -0.2) is 5.48 Å². The van der Waals surface area contributed by atoms with Crippen LogP contribution in [0.1, 0.15) is 19.3 Å². The van der Waals surface area contributed by atoms with Gasteiger partial charge in [0.15, 0.2) is 0 Å². The number of hydrogen-bond donors (Lipinski definition) is 3. The average molecular weight is 215 g/mol. The van der Waals surface area contributed by atoms with Crippen molar-refractivity contribution >= 4 is 11.8 Å². The van der Waals surface area contributed by atoms with Gasteiger partial charge in [-0.1, -0.05) is 0 Å². The molecule has 0 aromatic heterocycles. The molecule has 0 aromatic carbocycles. The number of nitrogens with zero attached hydrogens (tertiary/aromatic N) is 1. The van der Waals surface area contributed by atoms with E-state index in [4.69, 9.17) is 10.9 Å². The first-order valence-electron chi connectivity index (χ1n) is 5.08. The number of nitrogens with one attached hydrogen (secondary N) is 1. The van der Waals surface area contributed by atoms with Crippen LogP contribution in [0.25, 0.3) is 0 Å². The second-order valence-electron chi connectivity index (χ2n) is 3.83. The summed E-state index contributed by atoms with van der Waals surface area (Å²) in [5.41, 5.74) is 6.78. The van der Waals surface area contributed by atoms with Gasteiger partial charge in [-0.05, 0) is 25.9 Å². The largest absolute Gasteiger partial charge is 0.369 e. The molecule has 1 aliphatic rings. The van der Waals surface area contributed by atoms with Crippen molar-refractivity contribution in [3.63, 3.8) is 0 Å². The predicted octanol–water partition coefficient (Wildman–Crippen LogP) is -0.921. The van der Waals surface area contributed by atoms with Crippen LogP contribution in [0.4, 0.5) is 0 Å². The number of primary amides is 1. The number of likely N-dealkylation sites (tertiary alicyclic amines) is 1. The van der Waals surface area contributed by atoms with Gasteiger partial charge >= 0.3 is 0 Å². The van der Waals surface area contributed by atoms with Crippen LogP contribution in [0.2, 0.25) is 0 Å². The molecule has 6 heteroatoms. The topological polar surface area (TPSA) is 95.7 Å². The molecule has 6 nitrogen and oxygen atoms in total. The average Bonchev–Trinajstić information content (AvgIpc) is 2.66. The normalized spacial score (nSPS) is 21.5. The Labute approximate surface area is 88.4 Å². The summed E-state index contributed by atoms with van der Waals surface area (Å²) < 4.78 is 0. The molecule has 4 N–H and O–H groups in total. The number of carbonyl (C=O) groups is 2. The highest BCUT2D eigenvalue weighted by Gasteiger charge is 2.25. The van der Waals surface area contributed by atoms with Crippen LogP contribution in [0.15, 0.2) is 0 Å². The Morgan fingerprint density at radius 2 is 2.27 bits per heavy atom. The second-order valence-corrected chi connectivity index (χ2v) is 3.83. The minimum Gasteiger partial charge on any atom is -0.369 e. The van der Waals surface area contributed by atoms with Crippen LogP contribution in [0, 0.1) is 5.92 Å². The van der Waals surface area contributed by atoms with E-state index in [-0.39, 0.29) is 17.7 Å². The lowest BCUT2D eigenvalue weighted by atomic mass is 10.1. The molecule has 0 spiro atoms. The number of rotatable bonds is 5. The maximum Gasteiger partial charge on any atom is 0.243 e. The fraction of sp³-hybridized carbons (Fsp3) is 0.778. The van der Waals surface area contributed by atoms with Crippen LogP contribution < -0.4 is 11.2 Å². The van der Waals surface area contributed by atoms with Crippen molar-refractivity contribution in [2.75, 3.05) is 19.6 Å². The molecule has 86 valence electrons. The molecule has 0 aliphatic carbocycles. The summed E-state index contributed by atoms with van der Waals surface area (Å²) in [5.74, 6) is -0.664. The first kappa shape index (κ1) is 11.9. The van der Waals surface area contributed by atoms with E-state index in [1.54, 1.807) is 5.48 Å². The van der Waals surface area contributed by atoms with Crippen molar-refractivity contribution in [3.05, 3.63) is 0 Å². The standard InChI is InChI=1S/C9H17N3O3/c10-9(14)7-3-5-12(6-7)4-1-2-8(13)11-15/h7,15H,1-6H2,(H2,10,14)(H,11,13). The highest BCUT2D eigenvalue weighted by atomic mass is 16.5. The van der Waals surface area contributed by atoms with Crippen molar-refractivity contribution in [2.45, 2.75) is 19.3 Å². The van der Waals surface area contributed by atoms with Crippen molar-refractivity contribution < 1.29 is 14.8 Å². The lowest BCUT2D eigenvalue weighted by molar-refractivity contribution is -0.129. The van der Waals surface area contributed by atoms with Gasteiger partial charge in [-0.2, -0.15) is 0 Å². The van der Waals surface area contributed by atoms with E-state index < -0.39 is 0 Å². The van der Waals surface area contributed by atoms with E-state index in [0.29, 0.717) is 19.4 Å². The van der Waals surface area contributed by atoms with Crippen molar-refractivity contribution in [1.82, 2.24) is 10.4 Å². The Hall–Kier alpha value is -1.14. The summed E-state index contributed by atoms with van der Waals surface area (Å²) in [6, 6.07) is 0. The molecule has 0 bridgehead atoms. The maximum atomic E-state index is 10.9. The molecule has 1 unspecified atom stereocenters. The van der Waals surface area contributed by atoms with Crippen LogP contribution >= 0.6 is 0 Å². The molecule has 1 saturated heterocycles.